The number of hydrogen-bond acceptors (Lipinski definition) is 2. The van der Waals surface area contributed by atoms with Gasteiger partial charge in [0, 0.05) is 11.1 Å². The summed E-state index contributed by atoms with van der Waals surface area (Å²) < 4.78 is 12.5. The van der Waals surface area contributed by atoms with Crippen LogP contribution in [0.25, 0.3) is 0 Å². The van der Waals surface area contributed by atoms with Gasteiger partial charge in [-0.15, -0.1) is 0 Å². The van der Waals surface area contributed by atoms with E-state index in [1.807, 2.05) is 0 Å². The van der Waals surface area contributed by atoms with Gasteiger partial charge in [-0.3, -0.25) is 0 Å². The van der Waals surface area contributed by atoms with Crippen molar-refractivity contribution >= 4 is 34.7 Å². The lowest BCUT2D eigenvalue weighted by molar-refractivity contribution is 0.628. The molecule has 0 amide bonds. The average molecular weight is 188 g/mol. The molecule has 11 heavy (non-hydrogen) atoms. The second-order valence-electron chi connectivity index (χ2n) is 1.83. The summed E-state index contributed by atoms with van der Waals surface area (Å²) in [6.45, 7) is 0. The molecule has 0 saturated carbocycles. The molecule has 0 radical (unpaired) electrons. The molecule has 0 atom stereocenters. The van der Waals surface area contributed by atoms with Gasteiger partial charge in [0.1, 0.15) is 5.82 Å². The lowest BCUT2D eigenvalue weighted by Gasteiger charge is -1.92. The van der Waals surface area contributed by atoms with E-state index >= 15 is 0 Å². The minimum Gasteiger partial charge on any atom is -0.207 e. The fourth-order valence-electron chi connectivity index (χ4n) is 0.657. The molecule has 0 aromatic heterocycles. The fraction of sp³-hybridized carbons (Fsp3) is 0. The lowest BCUT2D eigenvalue weighted by atomic mass is 10.3. The third kappa shape index (κ3) is 2.39. The highest BCUT2D eigenvalue weighted by atomic mass is 35.5. The summed E-state index contributed by atoms with van der Waals surface area (Å²) in [5, 5.41) is 2.42. The van der Waals surface area contributed by atoms with E-state index in [0.717, 1.165) is 0 Å². The average Bonchev–Trinajstić information content (AvgIpc) is 1.85. The van der Waals surface area contributed by atoms with Crippen molar-refractivity contribution in [2.24, 2.45) is 4.99 Å². The number of thiocarbonyl (C=S) groups is 1. The quantitative estimate of drug-likeness (QED) is 0.486. The molecule has 0 spiro atoms. The number of hydrogen-bond donors (Lipinski definition) is 0. The Labute approximate surface area is 73.5 Å². The topological polar surface area (TPSA) is 12.4 Å². The van der Waals surface area contributed by atoms with E-state index in [2.05, 4.69) is 22.4 Å². The minimum atomic E-state index is -0.429. The van der Waals surface area contributed by atoms with E-state index in [9.17, 15) is 4.39 Å². The van der Waals surface area contributed by atoms with Crippen LogP contribution in [0.2, 0.25) is 5.02 Å². The monoisotopic (exact) mass is 187 g/mol. The van der Waals surface area contributed by atoms with Gasteiger partial charge in [0.05, 0.1) is 10.8 Å². The van der Waals surface area contributed by atoms with Crippen LogP contribution in [0.1, 0.15) is 0 Å². The lowest BCUT2D eigenvalue weighted by Crippen LogP contribution is -1.72. The molecule has 0 aliphatic rings. The van der Waals surface area contributed by atoms with Crippen molar-refractivity contribution in [3.8, 4) is 0 Å². The third-order valence-electron chi connectivity index (χ3n) is 1.02. The molecule has 0 fully saturated rings. The van der Waals surface area contributed by atoms with Crippen LogP contribution in [0.4, 0.5) is 10.1 Å². The molecule has 1 nitrogen and oxygen atoms in total. The number of nitrogens with zero attached hydrogens (tertiary/aromatic N) is 1. The van der Waals surface area contributed by atoms with Gasteiger partial charge >= 0.3 is 0 Å². The number of isothiocyanates is 1. The molecular weight excluding hydrogens is 185 g/mol. The highest BCUT2D eigenvalue weighted by Gasteiger charge is 1.95. The Morgan fingerprint density at radius 1 is 1.45 bits per heavy atom. The fourth-order valence-corrected chi connectivity index (χ4v) is 0.978. The maximum atomic E-state index is 12.5. The number of aliphatic imine (C=N–C) groups is 1. The standard InChI is InChI=1S/C7H3ClFNS/c8-5-1-6(9)3-7(2-5)10-4-11/h1-3H. The van der Waals surface area contributed by atoms with E-state index in [1.54, 1.807) is 0 Å². The smallest absolute Gasteiger partial charge is 0.126 e. The van der Waals surface area contributed by atoms with Crippen molar-refractivity contribution in [3.63, 3.8) is 0 Å². The van der Waals surface area contributed by atoms with E-state index in [0.29, 0.717) is 10.7 Å². The van der Waals surface area contributed by atoms with Crippen molar-refractivity contribution in [2.75, 3.05) is 0 Å². The highest BCUT2D eigenvalue weighted by molar-refractivity contribution is 7.78. The predicted octanol–water partition coefficient (Wildman–Crippen LogP) is 3.21. The maximum absolute atomic E-state index is 12.5. The van der Waals surface area contributed by atoms with E-state index in [-0.39, 0.29) is 0 Å². The Morgan fingerprint density at radius 3 is 2.73 bits per heavy atom. The van der Waals surface area contributed by atoms with Gasteiger partial charge < -0.3 is 0 Å². The molecule has 56 valence electrons. The molecule has 1 aromatic carbocycles. The Balaban J connectivity index is 3.18. The van der Waals surface area contributed by atoms with Crippen molar-refractivity contribution < 1.29 is 4.39 Å². The highest BCUT2D eigenvalue weighted by Crippen LogP contribution is 2.19. The van der Waals surface area contributed by atoms with Crippen LogP contribution in [0, 0.1) is 5.82 Å². The van der Waals surface area contributed by atoms with Crippen molar-refractivity contribution in [1.29, 1.82) is 0 Å². The molecule has 0 bridgehead atoms. The Kier molecular flexibility index (Phi) is 2.71. The van der Waals surface area contributed by atoms with Crippen LogP contribution < -0.4 is 0 Å². The zero-order valence-electron chi connectivity index (χ0n) is 5.34. The van der Waals surface area contributed by atoms with Gasteiger partial charge in [-0.05, 0) is 24.4 Å². The summed E-state index contributed by atoms with van der Waals surface area (Å²) in [6.07, 6.45) is 0. The van der Waals surface area contributed by atoms with Crippen LogP contribution in [0.3, 0.4) is 0 Å². The van der Waals surface area contributed by atoms with E-state index in [4.69, 9.17) is 11.6 Å². The van der Waals surface area contributed by atoms with E-state index < -0.39 is 5.82 Å². The van der Waals surface area contributed by atoms with Gasteiger partial charge in [-0.25, -0.2) is 4.39 Å². The number of halogens is 2. The van der Waals surface area contributed by atoms with E-state index in [1.165, 1.54) is 18.2 Å². The molecule has 0 aliphatic carbocycles. The van der Waals surface area contributed by atoms with Gasteiger partial charge in [0.2, 0.25) is 0 Å². The largest absolute Gasteiger partial charge is 0.207 e. The van der Waals surface area contributed by atoms with Gasteiger partial charge in [-0.2, -0.15) is 4.99 Å². The first kappa shape index (κ1) is 8.34. The Bertz CT molecular complexity index is 300. The van der Waals surface area contributed by atoms with Crippen LogP contribution in [0.5, 0.6) is 0 Å². The van der Waals surface area contributed by atoms with Gasteiger partial charge in [-0.1, -0.05) is 11.6 Å². The first-order chi connectivity index (χ1) is 5.22. The molecule has 0 saturated heterocycles. The van der Waals surface area contributed by atoms with Crippen LogP contribution in [-0.4, -0.2) is 5.16 Å². The second-order valence-corrected chi connectivity index (χ2v) is 2.45. The normalized spacial score (nSPS) is 8.91. The molecule has 1 rings (SSSR count). The first-order valence-corrected chi connectivity index (χ1v) is 3.55. The zero-order valence-corrected chi connectivity index (χ0v) is 6.92. The maximum Gasteiger partial charge on any atom is 0.126 e. The summed E-state index contributed by atoms with van der Waals surface area (Å²) >= 11 is 9.86. The summed E-state index contributed by atoms with van der Waals surface area (Å²) in [5.74, 6) is -0.429. The van der Waals surface area contributed by atoms with Crippen LogP contribution in [0.15, 0.2) is 23.2 Å². The predicted molar refractivity (Wildman–Crippen MR) is 46.1 cm³/mol. The minimum absolute atomic E-state index is 0.300. The molecule has 0 heterocycles. The van der Waals surface area contributed by atoms with Crippen LogP contribution in [-0.2, 0) is 0 Å². The molecule has 4 heteroatoms. The van der Waals surface area contributed by atoms with Crippen LogP contribution >= 0.6 is 23.8 Å². The molecular formula is C7H3ClFNS. The molecule has 0 unspecified atom stereocenters. The zero-order chi connectivity index (χ0) is 8.27. The van der Waals surface area contributed by atoms with Crippen molar-refractivity contribution in [3.05, 3.63) is 29.0 Å². The Morgan fingerprint density at radius 2 is 2.18 bits per heavy atom. The number of rotatable bonds is 1. The number of benzene rings is 1. The van der Waals surface area contributed by atoms with Gasteiger partial charge in [0.15, 0.2) is 0 Å². The summed E-state index contributed by atoms with van der Waals surface area (Å²) in [6, 6.07) is 3.93. The molecule has 1 aromatic rings. The third-order valence-corrected chi connectivity index (χ3v) is 1.33. The summed E-state index contributed by atoms with van der Waals surface area (Å²) in [5.41, 5.74) is 0.380. The molecule has 0 N–H and O–H groups in total. The SMILES string of the molecule is Fc1cc(Cl)cc(N=C=S)c1. The van der Waals surface area contributed by atoms with Crippen molar-refractivity contribution in [1.82, 2.24) is 0 Å². The second kappa shape index (κ2) is 3.58. The summed E-state index contributed by atoms with van der Waals surface area (Å²) in [7, 11) is 0. The summed E-state index contributed by atoms with van der Waals surface area (Å²) in [4.78, 5) is 3.57. The Hall–Kier alpha value is -0.760. The van der Waals surface area contributed by atoms with Gasteiger partial charge in [0.25, 0.3) is 0 Å². The van der Waals surface area contributed by atoms with Crippen molar-refractivity contribution in [2.45, 2.75) is 0 Å². The first-order valence-electron chi connectivity index (χ1n) is 2.76. The molecule has 0 aliphatic heterocycles.